The first kappa shape index (κ1) is 12.9. The maximum Gasteiger partial charge on any atom is 0.247 e. The van der Waals surface area contributed by atoms with Crippen LogP contribution in [0.15, 0.2) is 4.90 Å². The molecule has 96 valence electrons. The van der Waals surface area contributed by atoms with E-state index in [1.54, 1.807) is 41.6 Å². The molecular formula is C10H17N3O2S2. The minimum Gasteiger partial charge on any atom is -0.271 e. The molecule has 5 nitrogen and oxygen atoms in total. The van der Waals surface area contributed by atoms with Crippen LogP contribution in [-0.2, 0) is 17.1 Å². The van der Waals surface area contributed by atoms with Gasteiger partial charge in [-0.2, -0.15) is 9.40 Å². The number of hydrogen-bond donors (Lipinski definition) is 0. The van der Waals surface area contributed by atoms with Crippen LogP contribution >= 0.6 is 11.8 Å². The van der Waals surface area contributed by atoms with E-state index in [-0.39, 0.29) is 5.37 Å². The third kappa shape index (κ3) is 2.00. The molecule has 0 N–H and O–H groups in total. The summed E-state index contributed by atoms with van der Waals surface area (Å²) < 4.78 is 28.3. The van der Waals surface area contributed by atoms with Crippen LogP contribution in [0.2, 0.25) is 0 Å². The summed E-state index contributed by atoms with van der Waals surface area (Å²) >= 11 is 1.66. The average molecular weight is 275 g/mol. The van der Waals surface area contributed by atoms with Crippen molar-refractivity contribution in [2.75, 3.05) is 12.3 Å². The van der Waals surface area contributed by atoms with Gasteiger partial charge in [-0.1, -0.05) is 0 Å². The Labute approximate surface area is 106 Å². The normalized spacial score (nSPS) is 22.2. The van der Waals surface area contributed by atoms with Gasteiger partial charge in [-0.15, -0.1) is 11.8 Å². The second-order valence-corrected chi connectivity index (χ2v) is 7.46. The Morgan fingerprint density at radius 3 is 2.47 bits per heavy atom. The zero-order valence-electron chi connectivity index (χ0n) is 10.5. The third-order valence-electron chi connectivity index (χ3n) is 3.09. The Bertz CT molecular complexity index is 536. The molecule has 0 amide bonds. The molecule has 1 saturated heterocycles. The maximum absolute atomic E-state index is 12.6. The summed E-state index contributed by atoms with van der Waals surface area (Å²) in [4.78, 5) is 0.370. The molecule has 1 fully saturated rings. The molecule has 17 heavy (non-hydrogen) atoms. The topological polar surface area (TPSA) is 55.2 Å². The molecule has 0 radical (unpaired) electrons. The molecule has 0 saturated carbocycles. The van der Waals surface area contributed by atoms with Crippen molar-refractivity contribution in [1.29, 1.82) is 0 Å². The predicted octanol–water partition coefficient (Wildman–Crippen LogP) is 1.12. The highest BCUT2D eigenvalue weighted by molar-refractivity contribution is 8.01. The molecule has 2 heterocycles. The monoisotopic (exact) mass is 275 g/mol. The van der Waals surface area contributed by atoms with Crippen LogP contribution in [0.25, 0.3) is 0 Å². The molecule has 0 bridgehead atoms. The highest BCUT2D eigenvalue weighted by Gasteiger charge is 2.36. The Balaban J connectivity index is 2.52. The quantitative estimate of drug-likeness (QED) is 0.811. The van der Waals surface area contributed by atoms with Gasteiger partial charge in [-0.25, -0.2) is 8.42 Å². The number of thioether (sulfide) groups is 1. The van der Waals surface area contributed by atoms with Crippen molar-refractivity contribution in [3.63, 3.8) is 0 Å². The molecule has 1 aromatic rings. The zero-order chi connectivity index (χ0) is 12.8. The standard InChI is InChI=1S/C10H17N3O2S2/c1-7-10(8(2)12(4)11-7)17(14,15)13-5-6-16-9(13)3/h9H,5-6H2,1-4H3. The van der Waals surface area contributed by atoms with E-state index in [1.165, 1.54) is 0 Å². The van der Waals surface area contributed by atoms with E-state index in [1.807, 2.05) is 6.92 Å². The van der Waals surface area contributed by atoms with Gasteiger partial charge in [0.25, 0.3) is 0 Å². The van der Waals surface area contributed by atoms with E-state index < -0.39 is 10.0 Å². The maximum atomic E-state index is 12.6. The lowest BCUT2D eigenvalue weighted by atomic mass is 10.4. The molecule has 1 aliphatic rings. The highest BCUT2D eigenvalue weighted by Crippen LogP contribution is 2.31. The summed E-state index contributed by atoms with van der Waals surface area (Å²) in [6.07, 6.45) is 0. The van der Waals surface area contributed by atoms with Gasteiger partial charge in [0.1, 0.15) is 4.90 Å². The fourth-order valence-corrected chi connectivity index (χ4v) is 5.57. The largest absolute Gasteiger partial charge is 0.271 e. The third-order valence-corrected chi connectivity index (χ3v) is 6.60. The van der Waals surface area contributed by atoms with E-state index in [4.69, 9.17) is 0 Å². The SMILES string of the molecule is Cc1nn(C)c(C)c1S(=O)(=O)N1CCSC1C. The Morgan fingerprint density at radius 2 is 2.06 bits per heavy atom. The van der Waals surface area contributed by atoms with E-state index >= 15 is 0 Å². The Morgan fingerprint density at radius 1 is 1.41 bits per heavy atom. The second-order valence-electron chi connectivity index (χ2n) is 4.21. The van der Waals surface area contributed by atoms with E-state index in [9.17, 15) is 8.42 Å². The van der Waals surface area contributed by atoms with Gasteiger partial charge < -0.3 is 0 Å². The molecule has 0 spiro atoms. The number of rotatable bonds is 2. The fraction of sp³-hybridized carbons (Fsp3) is 0.700. The van der Waals surface area contributed by atoms with E-state index in [0.29, 0.717) is 22.8 Å². The molecule has 2 rings (SSSR count). The Hall–Kier alpha value is -0.530. The first-order valence-corrected chi connectivity index (χ1v) is 7.98. The molecule has 1 atom stereocenters. The van der Waals surface area contributed by atoms with Crippen molar-refractivity contribution in [3.8, 4) is 0 Å². The van der Waals surface area contributed by atoms with E-state index in [0.717, 1.165) is 5.75 Å². The second kappa shape index (κ2) is 4.29. The minimum atomic E-state index is -3.40. The van der Waals surface area contributed by atoms with Crippen molar-refractivity contribution >= 4 is 21.8 Å². The first-order valence-electron chi connectivity index (χ1n) is 5.49. The van der Waals surface area contributed by atoms with Crippen LogP contribution in [-0.4, -0.2) is 40.2 Å². The number of aryl methyl sites for hydroxylation is 2. The summed E-state index contributed by atoms with van der Waals surface area (Å²) in [5.41, 5.74) is 1.28. The Kier molecular flexibility index (Phi) is 3.26. The van der Waals surface area contributed by atoms with Crippen LogP contribution in [0.3, 0.4) is 0 Å². The number of aromatic nitrogens is 2. The predicted molar refractivity (Wildman–Crippen MR) is 68.5 cm³/mol. The summed E-state index contributed by atoms with van der Waals surface area (Å²) in [6, 6.07) is 0. The molecule has 0 aromatic carbocycles. The molecule has 1 aromatic heterocycles. The van der Waals surface area contributed by atoms with Crippen molar-refractivity contribution in [2.24, 2.45) is 7.05 Å². The van der Waals surface area contributed by atoms with Gasteiger partial charge in [-0.3, -0.25) is 4.68 Å². The van der Waals surface area contributed by atoms with Crippen LogP contribution in [0, 0.1) is 13.8 Å². The molecule has 1 unspecified atom stereocenters. The number of hydrogen-bond acceptors (Lipinski definition) is 4. The first-order chi connectivity index (χ1) is 7.85. The number of nitrogens with zero attached hydrogens (tertiary/aromatic N) is 3. The molecule has 0 aliphatic carbocycles. The molecule has 7 heteroatoms. The van der Waals surface area contributed by atoms with Crippen LogP contribution in [0.4, 0.5) is 0 Å². The highest BCUT2D eigenvalue weighted by atomic mass is 32.2. The lowest BCUT2D eigenvalue weighted by molar-refractivity contribution is 0.441. The minimum absolute atomic E-state index is 0.0130. The summed E-state index contributed by atoms with van der Waals surface area (Å²) in [6.45, 7) is 6.05. The fourth-order valence-electron chi connectivity index (χ4n) is 2.14. The van der Waals surface area contributed by atoms with Crippen LogP contribution < -0.4 is 0 Å². The molecular weight excluding hydrogens is 258 g/mol. The van der Waals surface area contributed by atoms with Crippen molar-refractivity contribution < 1.29 is 8.42 Å². The summed E-state index contributed by atoms with van der Waals surface area (Å²) in [5, 5.41) is 4.19. The smallest absolute Gasteiger partial charge is 0.247 e. The van der Waals surface area contributed by atoms with E-state index in [2.05, 4.69) is 5.10 Å². The van der Waals surface area contributed by atoms with Gasteiger partial charge in [0.15, 0.2) is 0 Å². The van der Waals surface area contributed by atoms with Gasteiger partial charge >= 0.3 is 0 Å². The summed E-state index contributed by atoms with van der Waals surface area (Å²) in [7, 11) is -1.63. The lowest BCUT2D eigenvalue weighted by Gasteiger charge is -2.20. The van der Waals surface area contributed by atoms with Gasteiger partial charge in [-0.05, 0) is 20.8 Å². The van der Waals surface area contributed by atoms with Crippen molar-refractivity contribution in [1.82, 2.24) is 14.1 Å². The van der Waals surface area contributed by atoms with Crippen molar-refractivity contribution in [3.05, 3.63) is 11.4 Å². The van der Waals surface area contributed by atoms with Crippen molar-refractivity contribution in [2.45, 2.75) is 31.0 Å². The molecule has 1 aliphatic heterocycles. The van der Waals surface area contributed by atoms with Crippen LogP contribution in [0.1, 0.15) is 18.3 Å². The lowest BCUT2D eigenvalue weighted by Crippen LogP contribution is -2.33. The average Bonchev–Trinajstić information content (AvgIpc) is 2.73. The van der Waals surface area contributed by atoms with Crippen LogP contribution in [0.5, 0.6) is 0 Å². The van der Waals surface area contributed by atoms with Gasteiger partial charge in [0.05, 0.1) is 16.8 Å². The van der Waals surface area contributed by atoms with Gasteiger partial charge in [0, 0.05) is 19.3 Å². The van der Waals surface area contributed by atoms with Gasteiger partial charge in [0.2, 0.25) is 10.0 Å². The summed E-state index contributed by atoms with van der Waals surface area (Å²) in [5.74, 6) is 0.860. The number of sulfonamides is 1. The zero-order valence-corrected chi connectivity index (χ0v) is 12.1.